The van der Waals surface area contributed by atoms with Gasteiger partial charge in [0.25, 0.3) is 0 Å². The van der Waals surface area contributed by atoms with Crippen LogP contribution in [0.15, 0.2) is 24.3 Å². The maximum atomic E-state index is 13.0. The van der Waals surface area contributed by atoms with E-state index < -0.39 is 0 Å². The van der Waals surface area contributed by atoms with E-state index in [1.807, 2.05) is 17.0 Å². The lowest BCUT2D eigenvalue weighted by molar-refractivity contribution is -0.0591. The van der Waals surface area contributed by atoms with Gasteiger partial charge in [0.15, 0.2) is 0 Å². The number of benzene rings is 1. The molecule has 1 aromatic carbocycles. The van der Waals surface area contributed by atoms with E-state index in [1.165, 1.54) is 18.4 Å². The van der Waals surface area contributed by atoms with Crippen LogP contribution in [0.25, 0.3) is 0 Å². The van der Waals surface area contributed by atoms with Gasteiger partial charge in [-0.15, -0.1) is 0 Å². The maximum absolute atomic E-state index is 13.0. The van der Waals surface area contributed by atoms with E-state index >= 15 is 0 Å². The smallest absolute Gasteiger partial charge is 0.317 e. The number of methoxy groups -OCH3 is 1. The molecule has 6 nitrogen and oxygen atoms in total. The molecule has 0 bridgehead atoms. The molecule has 3 aliphatic rings. The van der Waals surface area contributed by atoms with Crippen LogP contribution in [0.4, 0.5) is 4.79 Å². The van der Waals surface area contributed by atoms with E-state index in [4.69, 9.17) is 4.74 Å². The Morgan fingerprint density at radius 3 is 2.61 bits per heavy atom. The molecule has 168 valence electrons. The number of urea groups is 1. The van der Waals surface area contributed by atoms with Crippen molar-refractivity contribution in [2.45, 2.75) is 62.6 Å². The molecule has 0 spiro atoms. The lowest BCUT2D eigenvalue weighted by Crippen LogP contribution is -2.68. The van der Waals surface area contributed by atoms with Crippen molar-refractivity contribution in [3.05, 3.63) is 35.4 Å². The zero-order valence-corrected chi connectivity index (χ0v) is 18.6. The van der Waals surface area contributed by atoms with Crippen LogP contribution in [0.5, 0.6) is 0 Å². The van der Waals surface area contributed by atoms with Crippen molar-refractivity contribution < 1.29 is 14.6 Å². The Kier molecular flexibility index (Phi) is 7.49. The molecular weight excluding hydrogens is 390 g/mol. The summed E-state index contributed by atoms with van der Waals surface area (Å²) in [6.45, 7) is 3.09. The number of hydrogen-bond donors (Lipinski definition) is 2. The van der Waals surface area contributed by atoms with E-state index in [0.717, 1.165) is 50.9 Å². The predicted molar refractivity (Wildman–Crippen MR) is 121 cm³/mol. The van der Waals surface area contributed by atoms with Crippen molar-refractivity contribution in [2.24, 2.45) is 0 Å². The van der Waals surface area contributed by atoms with Gasteiger partial charge in [-0.2, -0.15) is 0 Å². The molecule has 3 fully saturated rings. The molecule has 6 heteroatoms. The molecule has 0 radical (unpaired) electrons. The molecule has 2 heterocycles. The molecule has 1 aliphatic carbocycles. The van der Waals surface area contributed by atoms with Crippen LogP contribution in [0.3, 0.4) is 0 Å². The molecule has 2 saturated heterocycles. The normalized spacial score (nSPS) is 26.8. The molecule has 1 aromatic rings. The number of ether oxygens (including phenoxy) is 1. The van der Waals surface area contributed by atoms with Crippen LogP contribution in [0.1, 0.15) is 55.6 Å². The van der Waals surface area contributed by atoms with E-state index in [9.17, 15) is 9.90 Å². The van der Waals surface area contributed by atoms with Crippen molar-refractivity contribution in [1.29, 1.82) is 0 Å². The van der Waals surface area contributed by atoms with Gasteiger partial charge in [-0.25, -0.2) is 4.79 Å². The lowest BCUT2D eigenvalue weighted by Gasteiger charge is -2.57. The van der Waals surface area contributed by atoms with Crippen LogP contribution in [-0.2, 0) is 4.74 Å². The van der Waals surface area contributed by atoms with Crippen LogP contribution >= 0.6 is 0 Å². The van der Waals surface area contributed by atoms with Crippen molar-refractivity contribution >= 4 is 6.03 Å². The number of nitrogens with one attached hydrogen (secondary N) is 1. The minimum Gasteiger partial charge on any atom is -0.395 e. The zero-order chi connectivity index (χ0) is 21.6. The Balaban J connectivity index is 1.47. The van der Waals surface area contributed by atoms with Gasteiger partial charge < -0.3 is 20.1 Å². The van der Waals surface area contributed by atoms with E-state index in [0.29, 0.717) is 12.6 Å². The second-order valence-corrected chi connectivity index (χ2v) is 9.02. The average molecular weight is 426 g/mol. The molecule has 4 rings (SSSR count). The van der Waals surface area contributed by atoms with Crippen LogP contribution in [-0.4, -0.2) is 79.0 Å². The molecule has 0 aromatic heterocycles. The first kappa shape index (κ1) is 22.1. The number of nitrogens with zero attached hydrogens (tertiary/aromatic N) is 2. The summed E-state index contributed by atoms with van der Waals surface area (Å²) in [6.07, 6.45) is 6.70. The molecule has 1 saturated carbocycles. The van der Waals surface area contributed by atoms with Crippen molar-refractivity contribution in [1.82, 2.24) is 15.1 Å². The van der Waals surface area contributed by atoms with Gasteiger partial charge in [0.05, 0.1) is 6.61 Å². The highest BCUT2D eigenvalue weighted by molar-refractivity contribution is 5.74. The van der Waals surface area contributed by atoms with Crippen LogP contribution in [0.2, 0.25) is 0 Å². The van der Waals surface area contributed by atoms with E-state index in [-0.39, 0.29) is 30.6 Å². The minimum atomic E-state index is 0.0868. The number of carbonyl (C=O) groups excluding carboxylic acids is 1. The standard InChI is InChI=1S/C25H35N3O3/c1-31-16-6-7-19-10-12-20(13-11-19)24-22-17-27(25(30)26-21-8-2-3-9-21)14-4-5-15-28(22)23(24)18-29/h10-13,21-24,29H,2-5,8-9,14-18H2,1H3,(H,26,30)/t22-,23-,24+/m1/s1. The molecule has 2 N–H and O–H groups in total. The fourth-order valence-corrected chi connectivity index (χ4v) is 5.46. The second-order valence-electron chi connectivity index (χ2n) is 9.02. The first-order valence-electron chi connectivity index (χ1n) is 11.7. The SMILES string of the molecule is COCC#Cc1ccc([C@@H]2[C@@H](CO)N3CCCCN(C(=O)NC4CCCC4)C[C@H]23)cc1. The van der Waals surface area contributed by atoms with Gasteiger partial charge >= 0.3 is 6.03 Å². The molecular formula is C25H35N3O3. The molecule has 2 aliphatic heterocycles. The zero-order valence-electron chi connectivity index (χ0n) is 18.6. The summed E-state index contributed by atoms with van der Waals surface area (Å²) in [5.74, 6) is 6.32. The van der Waals surface area contributed by atoms with Crippen molar-refractivity contribution in [3.63, 3.8) is 0 Å². The number of fused-ring (bicyclic) bond motifs is 1. The first-order valence-corrected chi connectivity index (χ1v) is 11.7. The fraction of sp³-hybridized carbons (Fsp3) is 0.640. The van der Waals surface area contributed by atoms with Gasteiger partial charge in [-0.1, -0.05) is 36.8 Å². The quantitative estimate of drug-likeness (QED) is 0.728. The van der Waals surface area contributed by atoms with Crippen molar-refractivity contribution in [3.8, 4) is 11.8 Å². The largest absolute Gasteiger partial charge is 0.395 e. The topological polar surface area (TPSA) is 65.0 Å². The number of amides is 2. The summed E-state index contributed by atoms with van der Waals surface area (Å²) in [6, 6.07) is 9.13. The Labute approximate surface area is 185 Å². The molecule has 2 amide bonds. The minimum absolute atomic E-state index is 0.0868. The monoisotopic (exact) mass is 425 g/mol. The average Bonchev–Trinajstić information content (AvgIpc) is 3.27. The van der Waals surface area contributed by atoms with E-state index in [2.05, 4.69) is 34.2 Å². The third-order valence-electron chi connectivity index (χ3n) is 7.08. The maximum Gasteiger partial charge on any atom is 0.317 e. The second kappa shape index (κ2) is 10.5. The number of aliphatic hydroxyl groups is 1. The van der Waals surface area contributed by atoms with Gasteiger partial charge in [0.1, 0.15) is 6.61 Å². The summed E-state index contributed by atoms with van der Waals surface area (Å²) in [7, 11) is 1.64. The number of hydrogen-bond acceptors (Lipinski definition) is 4. The lowest BCUT2D eigenvalue weighted by atomic mass is 9.74. The predicted octanol–water partition coefficient (Wildman–Crippen LogP) is 2.56. The summed E-state index contributed by atoms with van der Waals surface area (Å²) in [4.78, 5) is 17.4. The Hall–Kier alpha value is -2.07. The first-order chi connectivity index (χ1) is 15.2. The summed E-state index contributed by atoms with van der Waals surface area (Å²) in [5, 5.41) is 13.4. The van der Waals surface area contributed by atoms with Gasteiger partial charge in [0, 0.05) is 49.8 Å². The third kappa shape index (κ3) is 5.06. The van der Waals surface area contributed by atoms with Gasteiger partial charge in [-0.05, 0) is 49.9 Å². The molecule has 3 atom stereocenters. The van der Waals surface area contributed by atoms with Crippen LogP contribution < -0.4 is 5.32 Å². The highest BCUT2D eigenvalue weighted by Crippen LogP contribution is 2.42. The number of rotatable bonds is 4. The highest BCUT2D eigenvalue weighted by Gasteiger charge is 2.49. The van der Waals surface area contributed by atoms with Gasteiger partial charge in [-0.3, -0.25) is 4.90 Å². The number of carbonyl (C=O) groups is 1. The Morgan fingerprint density at radius 2 is 1.90 bits per heavy atom. The Morgan fingerprint density at radius 1 is 1.16 bits per heavy atom. The summed E-state index contributed by atoms with van der Waals surface area (Å²) < 4.78 is 4.99. The summed E-state index contributed by atoms with van der Waals surface area (Å²) >= 11 is 0. The molecule has 31 heavy (non-hydrogen) atoms. The number of aliphatic hydroxyl groups excluding tert-OH is 1. The van der Waals surface area contributed by atoms with E-state index in [1.54, 1.807) is 7.11 Å². The van der Waals surface area contributed by atoms with Gasteiger partial charge in [0.2, 0.25) is 0 Å². The Bertz CT molecular complexity index is 794. The fourth-order valence-electron chi connectivity index (χ4n) is 5.46. The summed E-state index contributed by atoms with van der Waals surface area (Å²) in [5.41, 5.74) is 2.18. The van der Waals surface area contributed by atoms with Crippen molar-refractivity contribution in [2.75, 3.05) is 40.0 Å². The third-order valence-corrected chi connectivity index (χ3v) is 7.08. The molecule has 0 unspecified atom stereocenters. The van der Waals surface area contributed by atoms with Crippen LogP contribution in [0, 0.1) is 11.8 Å². The highest BCUT2D eigenvalue weighted by atomic mass is 16.5.